The monoisotopic (exact) mass is 383 g/mol. The summed E-state index contributed by atoms with van der Waals surface area (Å²) in [6.07, 6.45) is -5.33. The van der Waals surface area contributed by atoms with E-state index in [4.69, 9.17) is 15.2 Å². The Kier molecular flexibility index (Phi) is 9.79. The Balaban J connectivity index is 0.00000264. The number of nitrogen functional groups attached to an aromatic ring is 1. The summed E-state index contributed by atoms with van der Waals surface area (Å²) < 4.78 is 34.7. The molecule has 10 nitrogen and oxygen atoms in total. The van der Waals surface area contributed by atoms with Crippen molar-refractivity contribution in [1.82, 2.24) is 9.55 Å². The summed E-state index contributed by atoms with van der Waals surface area (Å²) in [6, 6.07) is 0. The predicted octanol–water partition coefficient (Wildman–Crippen LogP) is -8.49. The van der Waals surface area contributed by atoms with Gasteiger partial charge in [-0.1, -0.05) is 0 Å². The number of ether oxygens (including phenoxy) is 2. The van der Waals surface area contributed by atoms with E-state index < -0.39 is 55.8 Å². The number of halogens is 1. The number of hydrogen-bond acceptors (Lipinski definition) is 9. The van der Waals surface area contributed by atoms with Gasteiger partial charge in [0.15, 0.2) is 17.9 Å². The molecule has 24 heavy (non-hydrogen) atoms. The molecule has 0 unspecified atom stereocenters. The minimum Gasteiger partial charge on any atom is -0.809 e. The molecule has 14 heteroatoms. The van der Waals surface area contributed by atoms with Crippen molar-refractivity contribution in [2.75, 3.05) is 12.1 Å². The minimum absolute atomic E-state index is 0. The Hall–Kier alpha value is 0.640. The average Bonchev–Trinajstić information content (AvgIpc) is 2.66. The van der Waals surface area contributed by atoms with E-state index in [1.165, 1.54) is 6.92 Å². The van der Waals surface area contributed by atoms with Gasteiger partial charge in [0.1, 0.15) is 12.2 Å². The average molecular weight is 383 g/mol. The van der Waals surface area contributed by atoms with Crippen LogP contribution in [0.15, 0.2) is 11.0 Å². The van der Waals surface area contributed by atoms with E-state index >= 15 is 0 Å². The van der Waals surface area contributed by atoms with E-state index in [1.807, 2.05) is 0 Å². The van der Waals surface area contributed by atoms with Crippen LogP contribution in [-0.2, 0) is 14.0 Å². The number of aliphatic hydroxyl groups excluding tert-OH is 1. The van der Waals surface area contributed by atoms with E-state index in [0.29, 0.717) is 10.8 Å². The second kappa shape index (κ2) is 9.54. The SMILES string of the molecule is C[C@H]1O[C@@H](n2cc(F)c(N)nc2=O)[C@H](O)[C@H]1OCP(=O)([O-])[O-].[Na+].[Na+]. The molecule has 0 bridgehead atoms. The standard InChI is InChI=1S/C10H15FN3O7P.2Na/c1-4-7(20-3-22(17,18)19)6(15)9(21-4)14-2-5(11)8(12)13-10(14)16;;/h2,4,6-7,9,15H,3H2,1H3,(H2,12,13,16)(H2,17,18,19);;/q;2*+1/p-2/t4-,6-,7+,9-;;/m1../s1. The van der Waals surface area contributed by atoms with Crippen molar-refractivity contribution in [1.29, 1.82) is 0 Å². The number of aliphatic hydroxyl groups is 1. The van der Waals surface area contributed by atoms with Crippen molar-refractivity contribution >= 4 is 13.4 Å². The quantitative estimate of drug-likeness (QED) is 0.380. The Morgan fingerprint density at radius 3 is 2.67 bits per heavy atom. The van der Waals surface area contributed by atoms with Crippen molar-refractivity contribution in [3.05, 3.63) is 22.5 Å². The number of anilines is 1. The van der Waals surface area contributed by atoms with Crippen LogP contribution >= 0.6 is 7.60 Å². The van der Waals surface area contributed by atoms with Crippen LogP contribution in [0.2, 0.25) is 0 Å². The first-order valence-electron chi connectivity index (χ1n) is 6.10. The summed E-state index contributed by atoms with van der Waals surface area (Å²) in [5, 5.41) is 10.1. The van der Waals surface area contributed by atoms with Crippen molar-refractivity contribution in [3.8, 4) is 0 Å². The summed E-state index contributed by atoms with van der Waals surface area (Å²) in [5.41, 5.74) is 4.18. The Bertz CT molecular complexity index is 672. The Morgan fingerprint density at radius 1 is 1.54 bits per heavy atom. The van der Waals surface area contributed by atoms with Crippen LogP contribution in [0.1, 0.15) is 13.2 Å². The molecule has 4 atom stereocenters. The third-order valence-electron chi connectivity index (χ3n) is 3.08. The largest absolute Gasteiger partial charge is 1.00 e. The zero-order valence-electron chi connectivity index (χ0n) is 13.3. The molecule has 3 N–H and O–H groups in total. The van der Waals surface area contributed by atoms with Crippen molar-refractivity contribution in [2.45, 2.75) is 31.5 Å². The summed E-state index contributed by atoms with van der Waals surface area (Å²) in [5.74, 6) is -1.59. The fourth-order valence-electron chi connectivity index (χ4n) is 2.10. The van der Waals surface area contributed by atoms with Gasteiger partial charge < -0.3 is 34.7 Å². The van der Waals surface area contributed by atoms with E-state index in [1.54, 1.807) is 0 Å². The molecule has 2 rings (SSSR count). The van der Waals surface area contributed by atoms with Gasteiger partial charge in [0, 0.05) is 0 Å². The fraction of sp³-hybridized carbons (Fsp3) is 0.600. The molecule has 0 aliphatic carbocycles. The first kappa shape index (κ1) is 24.6. The molecule has 2 heterocycles. The summed E-state index contributed by atoms with van der Waals surface area (Å²) in [7, 11) is -4.93. The molecule has 1 fully saturated rings. The molecular weight excluding hydrogens is 370 g/mol. The maximum atomic E-state index is 13.4. The van der Waals surface area contributed by atoms with Gasteiger partial charge in [0.05, 0.1) is 18.6 Å². The van der Waals surface area contributed by atoms with Gasteiger partial charge in [-0.25, -0.2) is 9.18 Å². The summed E-state index contributed by atoms with van der Waals surface area (Å²) in [4.78, 5) is 36.1. The molecule has 1 aliphatic heterocycles. The van der Waals surface area contributed by atoms with Crippen LogP contribution in [0, 0.1) is 5.82 Å². The van der Waals surface area contributed by atoms with Crippen LogP contribution in [-0.4, -0.2) is 39.3 Å². The van der Waals surface area contributed by atoms with Crippen molar-refractivity contribution < 1.29 is 92.4 Å². The number of hydrogen-bond donors (Lipinski definition) is 2. The third kappa shape index (κ3) is 5.83. The fourth-order valence-corrected chi connectivity index (χ4v) is 2.45. The molecule has 0 amide bonds. The van der Waals surface area contributed by atoms with E-state index in [-0.39, 0.29) is 59.1 Å². The van der Waals surface area contributed by atoms with E-state index in [0.717, 1.165) is 0 Å². The molecule has 0 radical (unpaired) electrons. The molecule has 0 saturated carbocycles. The minimum atomic E-state index is -4.93. The van der Waals surface area contributed by atoms with E-state index in [2.05, 4.69) is 4.98 Å². The van der Waals surface area contributed by atoms with Crippen LogP contribution < -0.4 is 80.3 Å². The summed E-state index contributed by atoms with van der Waals surface area (Å²) in [6.45, 7) is 1.43. The number of rotatable bonds is 4. The van der Waals surface area contributed by atoms with Crippen molar-refractivity contribution in [2.24, 2.45) is 0 Å². The van der Waals surface area contributed by atoms with E-state index in [9.17, 15) is 28.6 Å². The Morgan fingerprint density at radius 2 is 2.12 bits per heavy atom. The molecule has 1 saturated heterocycles. The van der Waals surface area contributed by atoms with Crippen LogP contribution in [0.25, 0.3) is 0 Å². The van der Waals surface area contributed by atoms with Gasteiger partial charge in [0.2, 0.25) is 0 Å². The second-order valence-corrected chi connectivity index (χ2v) is 6.24. The van der Waals surface area contributed by atoms with Gasteiger partial charge in [0.25, 0.3) is 0 Å². The number of nitrogens with zero attached hydrogens (tertiary/aromatic N) is 2. The van der Waals surface area contributed by atoms with Gasteiger partial charge in [-0.3, -0.25) is 4.57 Å². The number of nitrogens with two attached hydrogens (primary N) is 1. The maximum Gasteiger partial charge on any atom is 1.00 e. The van der Waals surface area contributed by atoms with Crippen molar-refractivity contribution in [3.63, 3.8) is 0 Å². The second-order valence-electron chi connectivity index (χ2n) is 4.76. The number of aromatic nitrogens is 2. The topological polar surface area (TPSA) is 163 Å². The smallest absolute Gasteiger partial charge is 0.809 e. The van der Waals surface area contributed by atoms with Gasteiger partial charge in [-0.15, -0.1) is 0 Å². The molecule has 0 aromatic carbocycles. The summed E-state index contributed by atoms with van der Waals surface area (Å²) >= 11 is 0. The molecule has 1 aromatic heterocycles. The normalized spacial score (nSPS) is 26.5. The molecule has 0 spiro atoms. The molecule has 1 aliphatic rings. The van der Waals surface area contributed by atoms with Gasteiger partial charge in [-0.2, -0.15) is 4.98 Å². The zero-order chi connectivity index (χ0) is 16.7. The molecule has 124 valence electrons. The first-order chi connectivity index (χ1) is 10.1. The third-order valence-corrected chi connectivity index (χ3v) is 3.54. The molecular formula is C10H13FN3Na2O7P. The van der Waals surface area contributed by atoms with Crippen LogP contribution in [0.4, 0.5) is 10.2 Å². The zero-order valence-corrected chi connectivity index (χ0v) is 18.2. The van der Waals surface area contributed by atoms with Crippen LogP contribution in [0.5, 0.6) is 0 Å². The van der Waals surface area contributed by atoms with Gasteiger partial charge in [-0.05, 0) is 14.5 Å². The first-order valence-corrected chi connectivity index (χ1v) is 7.83. The van der Waals surface area contributed by atoms with Crippen LogP contribution in [0.3, 0.4) is 0 Å². The maximum absolute atomic E-state index is 13.4. The Labute approximate surface area is 180 Å². The predicted molar refractivity (Wildman–Crippen MR) is 65.8 cm³/mol. The van der Waals surface area contributed by atoms with Gasteiger partial charge >= 0.3 is 64.8 Å². The molecule has 1 aromatic rings.